The molecule has 2 fully saturated rings. The zero-order valence-electron chi connectivity index (χ0n) is 12.4. The molecule has 3 heterocycles. The Morgan fingerprint density at radius 2 is 2.18 bits per heavy atom. The first-order chi connectivity index (χ1) is 10.8. The molecule has 0 aromatic carbocycles. The van der Waals surface area contributed by atoms with E-state index in [9.17, 15) is 4.79 Å². The van der Waals surface area contributed by atoms with Crippen LogP contribution in [-0.2, 0) is 0 Å². The minimum absolute atomic E-state index is 0.0721. The maximum Gasteiger partial charge on any atom is 0.264 e. The van der Waals surface area contributed by atoms with Crippen molar-refractivity contribution in [1.29, 1.82) is 0 Å². The topological polar surface area (TPSA) is 59.2 Å². The molecular weight excluding hydrogens is 298 g/mol. The molecule has 1 aliphatic carbocycles. The number of carbonyl (C=O) groups excluding carboxylic acids is 1. The van der Waals surface area contributed by atoms with Crippen LogP contribution >= 0.6 is 11.3 Å². The number of likely N-dealkylation sites (tertiary alicyclic amines) is 1. The van der Waals surface area contributed by atoms with E-state index in [1.807, 2.05) is 22.4 Å². The molecule has 0 bridgehead atoms. The van der Waals surface area contributed by atoms with Crippen LogP contribution in [0.3, 0.4) is 0 Å². The smallest absolute Gasteiger partial charge is 0.264 e. The average molecular weight is 317 g/mol. The third kappa shape index (κ3) is 2.67. The number of nitrogens with zero attached hydrogens (tertiary/aromatic N) is 3. The quantitative estimate of drug-likeness (QED) is 0.864. The lowest BCUT2D eigenvalue weighted by Crippen LogP contribution is -2.34. The summed E-state index contributed by atoms with van der Waals surface area (Å²) in [5.74, 6) is 2.01. The van der Waals surface area contributed by atoms with Crippen LogP contribution in [0.2, 0.25) is 0 Å². The van der Waals surface area contributed by atoms with Crippen molar-refractivity contribution in [3.05, 3.63) is 34.1 Å². The highest BCUT2D eigenvalue weighted by Gasteiger charge is 2.34. The Morgan fingerprint density at radius 3 is 2.95 bits per heavy atom. The van der Waals surface area contributed by atoms with Gasteiger partial charge < -0.3 is 9.42 Å². The highest BCUT2D eigenvalue weighted by Crippen LogP contribution is 2.39. The molecule has 1 atom stereocenters. The summed E-state index contributed by atoms with van der Waals surface area (Å²) in [6.07, 6.45) is 6.50. The van der Waals surface area contributed by atoms with Gasteiger partial charge in [-0.3, -0.25) is 4.79 Å². The van der Waals surface area contributed by atoms with Crippen LogP contribution in [0.1, 0.15) is 71.9 Å². The normalized spacial score (nSPS) is 22.5. The second kappa shape index (κ2) is 5.83. The first-order valence-corrected chi connectivity index (χ1v) is 8.89. The maximum atomic E-state index is 12.8. The van der Waals surface area contributed by atoms with Crippen molar-refractivity contribution in [3.63, 3.8) is 0 Å². The van der Waals surface area contributed by atoms with E-state index >= 15 is 0 Å². The molecule has 5 nitrogen and oxygen atoms in total. The van der Waals surface area contributed by atoms with Gasteiger partial charge in [-0.05, 0) is 37.1 Å². The number of hydrogen-bond donors (Lipinski definition) is 0. The third-order valence-corrected chi connectivity index (χ3v) is 5.29. The molecule has 1 unspecified atom stereocenters. The molecule has 1 saturated heterocycles. The van der Waals surface area contributed by atoms with Gasteiger partial charge in [-0.1, -0.05) is 24.1 Å². The van der Waals surface area contributed by atoms with Crippen molar-refractivity contribution in [2.24, 2.45) is 0 Å². The molecule has 6 heteroatoms. The van der Waals surface area contributed by atoms with Crippen LogP contribution in [0.4, 0.5) is 0 Å². The lowest BCUT2D eigenvalue weighted by Gasteiger charge is -2.26. The molecule has 0 radical (unpaired) electrons. The summed E-state index contributed by atoms with van der Waals surface area (Å²) in [5, 5.41) is 6.06. The molecule has 1 amide bonds. The molecule has 22 heavy (non-hydrogen) atoms. The van der Waals surface area contributed by atoms with E-state index in [0.717, 1.165) is 55.8 Å². The summed E-state index contributed by atoms with van der Waals surface area (Å²) >= 11 is 1.49. The van der Waals surface area contributed by atoms with Crippen LogP contribution in [0, 0.1) is 0 Å². The Hall–Kier alpha value is -1.69. The second-order valence-corrected chi connectivity index (χ2v) is 7.05. The standard InChI is InChI=1S/C16H19N3O2S/c20-16(13-6-4-10-22-13)19-9-3-1-2-5-12(19)15-17-14(18-21-15)11-7-8-11/h4,6,10-12H,1-3,5,7-9H2. The summed E-state index contributed by atoms with van der Waals surface area (Å²) in [5.41, 5.74) is 0. The van der Waals surface area contributed by atoms with Crippen molar-refractivity contribution in [2.45, 2.75) is 50.5 Å². The monoisotopic (exact) mass is 317 g/mol. The zero-order valence-corrected chi connectivity index (χ0v) is 13.2. The van der Waals surface area contributed by atoms with Gasteiger partial charge in [-0.15, -0.1) is 11.3 Å². The lowest BCUT2D eigenvalue weighted by molar-refractivity contribution is 0.0649. The van der Waals surface area contributed by atoms with Crippen LogP contribution < -0.4 is 0 Å². The van der Waals surface area contributed by atoms with Crippen molar-refractivity contribution >= 4 is 17.2 Å². The Labute approximate surface area is 133 Å². The molecule has 2 aromatic rings. The predicted octanol–water partition coefficient (Wildman–Crippen LogP) is 3.77. The van der Waals surface area contributed by atoms with Gasteiger partial charge >= 0.3 is 0 Å². The van der Waals surface area contributed by atoms with Crippen LogP contribution in [0.25, 0.3) is 0 Å². The van der Waals surface area contributed by atoms with Crippen molar-refractivity contribution < 1.29 is 9.32 Å². The van der Waals surface area contributed by atoms with Crippen molar-refractivity contribution in [3.8, 4) is 0 Å². The van der Waals surface area contributed by atoms with Crippen molar-refractivity contribution in [2.75, 3.05) is 6.54 Å². The first kappa shape index (κ1) is 13.9. The third-order valence-electron chi connectivity index (χ3n) is 4.43. The SMILES string of the molecule is O=C(c1cccs1)N1CCCCCC1c1nc(C2CC2)no1. The molecule has 0 spiro atoms. The Morgan fingerprint density at radius 1 is 1.27 bits per heavy atom. The Bertz CT molecular complexity index is 648. The maximum absolute atomic E-state index is 12.8. The van der Waals surface area contributed by atoms with Gasteiger partial charge in [0.05, 0.1) is 4.88 Å². The number of hydrogen-bond acceptors (Lipinski definition) is 5. The second-order valence-electron chi connectivity index (χ2n) is 6.11. The van der Waals surface area contributed by atoms with Gasteiger partial charge in [0.25, 0.3) is 5.91 Å². The summed E-state index contributed by atoms with van der Waals surface area (Å²) in [6.45, 7) is 0.766. The molecule has 1 aliphatic heterocycles. The number of thiophene rings is 1. The fourth-order valence-corrected chi connectivity index (χ4v) is 3.72. The van der Waals surface area contributed by atoms with Gasteiger partial charge in [0.15, 0.2) is 5.82 Å². The number of carbonyl (C=O) groups is 1. The van der Waals surface area contributed by atoms with E-state index < -0.39 is 0 Å². The fraction of sp³-hybridized carbons (Fsp3) is 0.562. The number of aromatic nitrogens is 2. The summed E-state index contributed by atoms with van der Waals surface area (Å²) in [6, 6.07) is 3.73. The molecule has 2 aromatic heterocycles. The summed E-state index contributed by atoms with van der Waals surface area (Å²) in [7, 11) is 0. The minimum atomic E-state index is -0.0721. The molecule has 2 aliphatic rings. The zero-order chi connectivity index (χ0) is 14.9. The molecule has 1 saturated carbocycles. The Balaban J connectivity index is 1.61. The van der Waals surface area contributed by atoms with E-state index in [0.29, 0.717) is 11.8 Å². The number of amides is 1. The minimum Gasteiger partial charge on any atom is -0.337 e. The van der Waals surface area contributed by atoms with E-state index in [-0.39, 0.29) is 11.9 Å². The van der Waals surface area contributed by atoms with E-state index in [1.165, 1.54) is 11.3 Å². The highest BCUT2D eigenvalue weighted by molar-refractivity contribution is 7.12. The van der Waals surface area contributed by atoms with E-state index in [2.05, 4.69) is 10.1 Å². The van der Waals surface area contributed by atoms with Gasteiger partial charge in [0.2, 0.25) is 5.89 Å². The predicted molar refractivity (Wildman–Crippen MR) is 82.8 cm³/mol. The fourth-order valence-electron chi connectivity index (χ4n) is 3.04. The highest BCUT2D eigenvalue weighted by atomic mass is 32.1. The van der Waals surface area contributed by atoms with Gasteiger partial charge in [0, 0.05) is 12.5 Å². The van der Waals surface area contributed by atoms with E-state index in [4.69, 9.17) is 4.52 Å². The first-order valence-electron chi connectivity index (χ1n) is 8.01. The largest absolute Gasteiger partial charge is 0.337 e. The molecule has 4 rings (SSSR count). The van der Waals surface area contributed by atoms with Gasteiger partial charge in [0.1, 0.15) is 6.04 Å². The molecule has 116 valence electrons. The number of rotatable bonds is 3. The summed E-state index contributed by atoms with van der Waals surface area (Å²) < 4.78 is 5.51. The van der Waals surface area contributed by atoms with Crippen LogP contribution in [-0.4, -0.2) is 27.5 Å². The molecular formula is C16H19N3O2S. The van der Waals surface area contributed by atoms with Crippen LogP contribution in [0.5, 0.6) is 0 Å². The van der Waals surface area contributed by atoms with Crippen LogP contribution in [0.15, 0.2) is 22.0 Å². The average Bonchev–Trinajstić information content (AvgIpc) is 3.11. The van der Waals surface area contributed by atoms with E-state index in [1.54, 1.807) is 0 Å². The summed E-state index contributed by atoms with van der Waals surface area (Å²) in [4.78, 5) is 20.1. The molecule has 0 N–H and O–H groups in total. The van der Waals surface area contributed by atoms with Crippen molar-refractivity contribution in [1.82, 2.24) is 15.0 Å². The van der Waals surface area contributed by atoms with Gasteiger partial charge in [-0.25, -0.2) is 0 Å². The Kier molecular flexibility index (Phi) is 3.70. The lowest BCUT2D eigenvalue weighted by atomic mass is 10.1. The van der Waals surface area contributed by atoms with Gasteiger partial charge in [-0.2, -0.15) is 4.98 Å².